The smallest absolute Gasteiger partial charge is 0.242 e. The third-order valence-corrected chi connectivity index (χ3v) is 7.33. The highest BCUT2D eigenvalue weighted by Crippen LogP contribution is 2.26. The highest BCUT2D eigenvalue weighted by atomic mass is 19.1. The van der Waals surface area contributed by atoms with Crippen LogP contribution in [0, 0.1) is 11.6 Å². The lowest BCUT2D eigenvalue weighted by Crippen LogP contribution is -2.48. The molecule has 1 heterocycles. The van der Waals surface area contributed by atoms with Crippen molar-refractivity contribution in [2.45, 2.75) is 90.0 Å². The predicted molar refractivity (Wildman–Crippen MR) is 147 cm³/mol. The molecule has 6 nitrogen and oxygen atoms in total. The maximum atomic E-state index is 14.3. The second-order valence-electron chi connectivity index (χ2n) is 10.4. The van der Waals surface area contributed by atoms with E-state index in [-0.39, 0.29) is 18.0 Å². The Morgan fingerprint density at radius 2 is 1.95 bits per heavy atom. The van der Waals surface area contributed by atoms with Gasteiger partial charge in [-0.2, -0.15) is 0 Å². The van der Waals surface area contributed by atoms with Gasteiger partial charge in [0.05, 0.1) is 12.4 Å². The van der Waals surface area contributed by atoms with E-state index in [9.17, 15) is 13.6 Å². The molecule has 1 amide bonds. The summed E-state index contributed by atoms with van der Waals surface area (Å²) in [7, 11) is 0. The van der Waals surface area contributed by atoms with Gasteiger partial charge in [-0.1, -0.05) is 43.7 Å². The number of hydrogen-bond donors (Lipinski definition) is 3. The fourth-order valence-corrected chi connectivity index (χ4v) is 5.24. The molecule has 0 spiro atoms. The molecule has 0 saturated heterocycles. The normalized spacial score (nSPS) is 17.4. The zero-order valence-electron chi connectivity index (χ0n) is 22.5. The number of nitrogens with zero attached hydrogens (tertiary/aromatic N) is 2. The number of hydrogen-bond acceptors (Lipinski definition) is 4. The van der Waals surface area contributed by atoms with Crippen molar-refractivity contribution in [1.29, 1.82) is 0 Å². The van der Waals surface area contributed by atoms with E-state index in [1.165, 1.54) is 11.6 Å². The molecule has 3 N–H and O–H groups in total. The molecule has 1 aromatic heterocycles. The van der Waals surface area contributed by atoms with Crippen molar-refractivity contribution in [3.05, 3.63) is 83.3 Å². The molecule has 0 saturated carbocycles. The number of fused-ring (bicyclic) bond motifs is 1. The van der Waals surface area contributed by atoms with Gasteiger partial charge < -0.3 is 20.5 Å². The molecule has 0 bridgehead atoms. The molecule has 3 aromatic rings. The molecule has 1 aliphatic rings. The fourth-order valence-electron chi connectivity index (χ4n) is 5.24. The van der Waals surface area contributed by atoms with Gasteiger partial charge in [-0.15, -0.1) is 0 Å². The molecular formula is C30H39F2N5O. The van der Waals surface area contributed by atoms with Crippen LogP contribution in [0.4, 0.5) is 14.6 Å². The van der Waals surface area contributed by atoms with Gasteiger partial charge >= 0.3 is 0 Å². The third kappa shape index (κ3) is 7.48. The lowest BCUT2D eigenvalue weighted by Gasteiger charge is -2.29. The van der Waals surface area contributed by atoms with Gasteiger partial charge in [0.25, 0.3) is 0 Å². The zero-order valence-corrected chi connectivity index (χ0v) is 22.5. The Balaban J connectivity index is 1.27. The summed E-state index contributed by atoms with van der Waals surface area (Å²) < 4.78 is 29.9. The van der Waals surface area contributed by atoms with Crippen LogP contribution in [0.2, 0.25) is 0 Å². The predicted octanol–water partition coefficient (Wildman–Crippen LogP) is 5.55. The Hall–Kier alpha value is -3.10. The first kappa shape index (κ1) is 27.9. The highest BCUT2D eigenvalue weighted by molar-refractivity contribution is 5.94. The van der Waals surface area contributed by atoms with Crippen LogP contribution in [0.3, 0.4) is 0 Å². The number of halogens is 2. The summed E-state index contributed by atoms with van der Waals surface area (Å²) in [5, 5.41) is 10.00. The maximum Gasteiger partial charge on any atom is 0.242 e. The monoisotopic (exact) mass is 523 g/mol. The SMILES string of the molecule is CCC[C@H](NC1CCc2cc(F)cc(F)c2C1)C(=O)Nc1cn(CCC(C)N[C@@H](C)c2ccccc2)cn1. The molecule has 0 radical (unpaired) electrons. The number of anilines is 1. The topological polar surface area (TPSA) is 71.0 Å². The first-order valence-electron chi connectivity index (χ1n) is 13.7. The molecule has 8 heteroatoms. The Morgan fingerprint density at radius 1 is 1.16 bits per heavy atom. The zero-order chi connectivity index (χ0) is 27.1. The van der Waals surface area contributed by atoms with Crippen molar-refractivity contribution in [3.63, 3.8) is 0 Å². The van der Waals surface area contributed by atoms with Crippen LogP contribution in [-0.4, -0.2) is 33.6 Å². The van der Waals surface area contributed by atoms with Crippen LogP contribution >= 0.6 is 0 Å². The van der Waals surface area contributed by atoms with Crippen molar-refractivity contribution >= 4 is 11.7 Å². The van der Waals surface area contributed by atoms with Gasteiger partial charge in [-0.05, 0) is 68.7 Å². The summed E-state index contributed by atoms with van der Waals surface area (Å²) in [5.74, 6) is -0.670. The summed E-state index contributed by atoms with van der Waals surface area (Å²) in [6.45, 7) is 7.15. The number of aromatic nitrogens is 2. The number of aryl methyl sites for hydroxylation is 2. The molecule has 4 rings (SSSR count). The Kier molecular flexibility index (Phi) is 9.63. The number of rotatable bonds is 12. The lowest BCUT2D eigenvalue weighted by molar-refractivity contribution is -0.118. The lowest BCUT2D eigenvalue weighted by atomic mass is 9.87. The molecule has 1 aliphatic carbocycles. The van der Waals surface area contributed by atoms with Gasteiger partial charge in [0.15, 0.2) is 5.82 Å². The van der Waals surface area contributed by atoms with Gasteiger partial charge in [0, 0.05) is 36.9 Å². The summed E-state index contributed by atoms with van der Waals surface area (Å²) in [4.78, 5) is 17.5. The van der Waals surface area contributed by atoms with Gasteiger partial charge in [0.1, 0.15) is 11.6 Å². The minimum atomic E-state index is -0.539. The number of imidazole rings is 1. The second kappa shape index (κ2) is 13.1. The van der Waals surface area contributed by atoms with Crippen LogP contribution in [-0.2, 0) is 24.2 Å². The van der Waals surface area contributed by atoms with Crippen molar-refractivity contribution in [2.75, 3.05) is 5.32 Å². The van der Waals surface area contributed by atoms with Crippen molar-refractivity contribution in [2.24, 2.45) is 0 Å². The van der Waals surface area contributed by atoms with E-state index < -0.39 is 17.7 Å². The van der Waals surface area contributed by atoms with E-state index in [0.717, 1.165) is 37.4 Å². The standard InChI is InChI=1S/C30H39F2N5O/c1-4-8-28(35-25-12-11-23-15-24(31)16-27(32)26(23)17-25)30(38)36-29-18-37(19-33-29)14-13-20(2)34-21(3)22-9-6-5-7-10-22/h5-7,9-10,15-16,18-21,25,28,34-35H,4,8,11-14,17H2,1-3H3,(H,36,38)/t20?,21-,25?,28-/m0/s1. The van der Waals surface area contributed by atoms with Crippen LogP contribution < -0.4 is 16.0 Å². The maximum absolute atomic E-state index is 14.3. The van der Waals surface area contributed by atoms with E-state index in [0.29, 0.717) is 36.7 Å². The van der Waals surface area contributed by atoms with E-state index in [2.05, 4.69) is 59.0 Å². The van der Waals surface area contributed by atoms with Crippen LogP contribution in [0.1, 0.15) is 69.2 Å². The minimum absolute atomic E-state index is 0.0467. The molecule has 204 valence electrons. The average Bonchev–Trinajstić information content (AvgIpc) is 3.35. The summed E-state index contributed by atoms with van der Waals surface area (Å²) in [6.07, 6.45) is 7.76. The van der Waals surface area contributed by atoms with E-state index in [4.69, 9.17) is 0 Å². The molecular weight excluding hydrogens is 484 g/mol. The number of amides is 1. The average molecular weight is 524 g/mol. The Labute approximate surface area is 224 Å². The summed E-state index contributed by atoms with van der Waals surface area (Å²) in [5.41, 5.74) is 2.53. The number of benzene rings is 2. The number of carbonyl (C=O) groups is 1. The fraction of sp³-hybridized carbons (Fsp3) is 0.467. The van der Waals surface area contributed by atoms with Crippen molar-refractivity contribution in [1.82, 2.24) is 20.2 Å². The van der Waals surface area contributed by atoms with E-state index in [1.807, 2.05) is 23.8 Å². The Bertz CT molecular complexity index is 1200. The van der Waals surface area contributed by atoms with Crippen LogP contribution in [0.5, 0.6) is 0 Å². The first-order valence-corrected chi connectivity index (χ1v) is 13.7. The quantitative estimate of drug-likeness (QED) is 0.291. The van der Waals surface area contributed by atoms with Gasteiger partial charge in [-0.25, -0.2) is 13.8 Å². The summed E-state index contributed by atoms with van der Waals surface area (Å²) >= 11 is 0. The molecule has 0 fully saturated rings. The van der Waals surface area contributed by atoms with Crippen LogP contribution in [0.25, 0.3) is 0 Å². The Morgan fingerprint density at radius 3 is 2.71 bits per heavy atom. The molecule has 0 aliphatic heterocycles. The van der Waals surface area contributed by atoms with Crippen molar-refractivity contribution in [3.8, 4) is 0 Å². The van der Waals surface area contributed by atoms with E-state index >= 15 is 0 Å². The molecule has 4 atom stereocenters. The molecule has 2 aromatic carbocycles. The summed E-state index contributed by atoms with van der Waals surface area (Å²) in [6, 6.07) is 12.9. The van der Waals surface area contributed by atoms with Gasteiger partial charge in [0.2, 0.25) is 5.91 Å². The number of carbonyl (C=O) groups excluding carboxylic acids is 1. The molecule has 2 unspecified atom stereocenters. The largest absolute Gasteiger partial charge is 0.335 e. The number of nitrogens with one attached hydrogen (secondary N) is 3. The highest BCUT2D eigenvalue weighted by Gasteiger charge is 2.27. The van der Waals surface area contributed by atoms with Crippen LogP contribution in [0.15, 0.2) is 55.0 Å². The van der Waals surface area contributed by atoms with E-state index in [1.54, 1.807) is 6.33 Å². The van der Waals surface area contributed by atoms with Gasteiger partial charge in [-0.3, -0.25) is 4.79 Å². The second-order valence-corrected chi connectivity index (χ2v) is 10.4. The third-order valence-electron chi connectivity index (χ3n) is 7.33. The first-order chi connectivity index (χ1) is 18.3. The molecule has 38 heavy (non-hydrogen) atoms. The van der Waals surface area contributed by atoms with Crippen molar-refractivity contribution < 1.29 is 13.6 Å². The minimum Gasteiger partial charge on any atom is -0.335 e.